The molecule has 0 bridgehead atoms. The number of nitrogens with one attached hydrogen (secondary N) is 1. The second-order valence-electron chi connectivity index (χ2n) is 6.25. The first-order valence-corrected chi connectivity index (χ1v) is 8.51. The first-order valence-electron chi connectivity index (χ1n) is 8.51. The number of amides is 2. The van der Waals surface area contributed by atoms with Crippen molar-refractivity contribution < 1.29 is 14.0 Å². The van der Waals surface area contributed by atoms with E-state index in [4.69, 9.17) is 0 Å². The van der Waals surface area contributed by atoms with Crippen molar-refractivity contribution in [2.75, 3.05) is 13.1 Å². The molecule has 0 radical (unpaired) electrons. The van der Waals surface area contributed by atoms with Gasteiger partial charge in [-0.05, 0) is 48.2 Å². The van der Waals surface area contributed by atoms with Gasteiger partial charge in [0.05, 0.1) is 0 Å². The monoisotopic (exact) mass is 340 g/mol. The van der Waals surface area contributed by atoms with E-state index in [1.807, 2.05) is 23.1 Å². The number of nitrogens with zero attached hydrogens (tertiary/aromatic N) is 1. The normalized spacial score (nSPS) is 14.0. The van der Waals surface area contributed by atoms with E-state index in [2.05, 4.69) is 5.32 Å². The van der Waals surface area contributed by atoms with E-state index < -0.39 is 0 Å². The molecule has 0 atom stereocenters. The van der Waals surface area contributed by atoms with Crippen molar-refractivity contribution in [1.82, 2.24) is 10.2 Å². The highest BCUT2D eigenvalue weighted by atomic mass is 19.1. The van der Waals surface area contributed by atoms with Crippen molar-refractivity contribution in [1.29, 1.82) is 0 Å². The van der Waals surface area contributed by atoms with E-state index in [9.17, 15) is 14.0 Å². The van der Waals surface area contributed by atoms with Crippen LogP contribution < -0.4 is 5.32 Å². The molecule has 25 heavy (non-hydrogen) atoms. The minimum absolute atomic E-state index is 0.142. The lowest BCUT2D eigenvalue weighted by Gasteiger charge is -2.16. The number of halogens is 1. The third-order valence-corrected chi connectivity index (χ3v) is 4.35. The Labute approximate surface area is 146 Å². The smallest absolute Gasteiger partial charge is 0.251 e. The van der Waals surface area contributed by atoms with Crippen molar-refractivity contribution in [3.8, 4) is 0 Å². The van der Waals surface area contributed by atoms with Crippen LogP contribution in [0.2, 0.25) is 0 Å². The average molecular weight is 340 g/mol. The molecule has 1 saturated heterocycles. The summed E-state index contributed by atoms with van der Waals surface area (Å²) in [6, 6.07) is 13.6. The van der Waals surface area contributed by atoms with Gasteiger partial charge in [-0.1, -0.05) is 24.3 Å². The predicted octanol–water partition coefficient (Wildman–Crippen LogP) is 2.92. The van der Waals surface area contributed by atoms with Crippen LogP contribution in [0, 0.1) is 5.82 Å². The molecule has 1 fully saturated rings. The molecule has 0 saturated carbocycles. The predicted molar refractivity (Wildman–Crippen MR) is 93.5 cm³/mol. The Hall–Kier alpha value is -2.69. The van der Waals surface area contributed by atoms with Gasteiger partial charge in [-0.15, -0.1) is 0 Å². The summed E-state index contributed by atoms with van der Waals surface area (Å²) >= 11 is 0. The molecule has 2 aromatic carbocycles. The van der Waals surface area contributed by atoms with E-state index in [0.717, 1.165) is 24.1 Å². The Morgan fingerprint density at radius 3 is 2.64 bits per heavy atom. The summed E-state index contributed by atoms with van der Waals surface area (Å²) in [5.41, 5.74) is 2.52. The lowest BCUT2D eigenvalue weighted by atomic mass is 10.1. The maximum Gasteiger partial charge on any atom is 0.251 e. The summed E-state index contributed by atoms with van der Waals surface area (Å²) < 4.78 is 12.9. The Bertz CT molecular complexity index is 759. The van der Waals surface area contributed by atoms with E-state index in [1.54, 1.807) is 18.2 Å². The number of rotatable bonds is 6. The first kappa shape index (κ1) is 17.1. The molecule has 1 N–H and O–H groups in total. The van der Waals surface area contributed by atoms with Crippen LogP contribution in [0.25, 0.3) is 0 Å². The third-order valence-electron chi connectivity index (χ3n) is 4.35. The van der Waals surface area contributed by atoms with Gasteiger partial charge in [0.15, 0.2) is 0 Å². The maximum absolute atomic E-state index is 12.9. The standard InChI is InChI=1S/C20H21FN2O2/c21-18-8-6-15(7-9-18)10-11-22-20(25)17-4-1-3-16(13-17)14-23-12-2-5-19(23)24/h1,3-4,6-9,13H,2,5,10-12,14H2,(H,22,25). The van der Waals surface area contributed by atoms with Gasteiger partial charge < -0.3 is 10.2 Å². The van der Waals surface area contributed by atoms with E-state index in [1.165, 1.54) is 12.1 Å². The minimum Gasteiger partial charge on any atom is -0.352 e. The molecule has 2 aromatic rings. The molecule has 1 aliphatic rings. The molecule has 3 rings (SSSR count). The summed E-state index contributed by atoms with van der Waals surface area (Å²) in [6.45, 7) is 1.82. The van der Waals surface area contributed by atoms with Crippen LogP contribution in [0.4, 0.5) is 4.39 Å². The van der Waals surface area contributed by atoms with E-state index in [0.29, 0.717) is 31.5 Å². The molecule has 5 heteroatoms. The fourth-order valence-corrected chi connectivity index (χ4v) is 2.98. The van der Waals surface area contributed by atoms with Crippen molar-refractivity contribution in [3.63, 3.8) is 0 Å². The molecule has 1 heterocycles. The zero-order chi connectivity index (χ0) is 17.6. The van der Waals surface area contributed by atoms with Gasteiger partial charge in [0.25, 0.3) is 5.91 Å². The number of benzene rings is 2. The topological polar surface area (TPSA) is 49.4 Å². The van der Waals surface area contributed by atoms with Gasteiger partial charge in [0.1, 0.15) is 5.82 Å². The Morgan fingerprint density at radius 2 is 1.92 bits per heavy atom. The zero-order valence-electron chi connectivity index (χ0n) is 14.0. The van der Waals surface area contributed by atoms with Gasteiger partial charge in [0.2, 0.25) is 5.91 Å². The molecule has 4 nitrogen and oxygen atoms in total. The van der Waals surface area contributed by atoms with Crippen LogP contribution in [0.15, 0.2) is 48.5 Å². The van der Waals surface area contributed by atoms with Crippen molar-refractivity contribution in [2.45, 2.75) is 25.8 Å². The van der Waals surface area contributed by atoms with Crippen LogP contribution in [0.5, 0.6) is 0 Å². The average Bonchev–Trinajstić information content (AvgIpc) is 3.01. The van der Waals surface area contributed by atoms with Gasteiger partial charge >= 0.3 is 0 Å². The maximum atomic E-state index is 12.9. The SMILES string of the molecule is O=C(NCCc1ccc(F)cc1)c1cccc(CN2CCCC2=O)c1. The molecule has 0 aliphatic carbocycles. The summed E-state index contributed by atoms with van der Waals surface area (Å²) in [7, 11) is 0. The fourth-order valence-electron chi connectivity index (χ4n) is 2.98. The second kappa shape index (κ2) is 7.92. The molecule has 0 unspecified atom stereocenters. The van der Waals surface area contributed by atoms with Crippen LogP contribution in [0.1, 0.15) is 34.3 Å². The molecule has 1 aliphatic heterocycles. The lowest BCUT2D eigenvalue weighted by molar-refractivity contribution is -0.128. The van der Waals surface area contributed by atoms with Gasteiger partial charge in [-0.2, -0.15) is 0 Å². The lowest BCUT2D eigenvalue weighted by Crippen LogP contribution is -2.26. The summed E-state index contributed by atoms with van der Waals surface area (Å²) in [6.07, 6.45) is 2.17. The molecular formula is C20H21FN2O2. The third kappa shape index (κ3) is 4.66. The van der Waals surface area contributed by atoms with Gasteiger partial charge in [-0.3, -0.25) is 9.59 Å². The van der Waals surface area contributed by atoms with Gasteiger partial charge in [0, 0.05) is 31.6 Å². The van der Waals surface area contributed by atoms with Crippen molar-refractivity contribution in [2.24, 2.45) is 0 Å². The Balaban J connectivity index is 1.53. The van der Waals surface area contributed by atoms with E-state index in [-0.39, 0.29) is 17.6 Å². The molecule has 0 aromatic heterocycles. The largest absolute Gasteiger partial charge is 0.352 e. The van der Waals surface area contributed by atoms with Gasteiger partial charge in [-0.25, -0.2) is 4.39 Å². The van der Waals surface area contributed by atoms with Crippen LogP contribution in [-0.4, -0.2) is 29.8 Å². The highest BCUT2D eigenvalue weighted by Crippen LogP contribution is 2.15. The molecule has 0 spiro atoms. The first-order chi connectivity index (χ1) is 12.1. The number of carbonyl (C=O) groups excluding carboxylic acids is 2. The highest BCUT2D eigenvalue weighted by Gasteiger charge is 2.20. The molecule has 2 amide bonds. The zero-order valence-corrected chi connectivity index (χ0v) is 14.0. The Morgan fingerprint density at radius 1 is 1.12 bits per heavy atom. The fraction of sp³-hybridized carbons (Fsp3) is 0.300. The highest BCUT2D eigenvalue weighted by molar-refractivity contribution is 5.94. The number of carbonyl (C=O) groups is 2. The minimum atomic E-state index is -0.263. The van der Waals surface area contributed by atoms with Crippen LogP contribution >= 0.6 is 0 Å². The van der Waals surface area contributed by atoms with E-state index >= 15 is 0 Å². The molecular weight excluding hydrogens is 319 g/mol. The quantitative estimate of drug-likeness (QED) is 0.879. The van der Waals surface area contributed by atoms with Crippen molar-refractivity contribution in [3.05, 3.63) is 71.0 Å². The number of likely N-dealkylation sites (tertiary alicyclic amines) is 1. The Kier molecular flexibility index (Phi) is 5.43. The summed E-state index contributed by atoms with van der Waals surface area (Å²) in [5, 5.41) is 2.88. The van der Waals surface area contributed by atoms with Crippen LogP contribution in [-0.2, 0) is 17.8 Å². The summed E-state index contributed by atoms with van der Waals surface area (Å²) in [5.74, 6) is -0.230. The van der Waals surface area contributed by atoms with Crippen molar-refractivity contribution >= 4 is 11.8 Å². The number of hydrogen-bond donors (Lipinski definition) is 1. The summed E-state index contributed by atoms with van der Waals surface area (Å²) in [4.78, 5) is 25.8. The second-order valence-corrected chi connectivity index (χ2v) is 6.25. The molecule has 130 valence electrons. The van der Waals surface area contributed by atoms with Crippen LogP contribution in [0.3, 0.4) is 0 Å². The number of hydrogen-bond acceptors (Lipinski definition) is 2.